The van der Waals surface area contributed by atoms with Crippen molar-refractivity contribution in [3.05, 3.63) is 35.9 Å². The normalized spacial score (nSPS) is 21.9. The molecule has 0 N–H and O–H groups in total. The van der Waals surface area contributed by atoms with Crippen molar-refractivity contribution in [2.45, 2.75) is 66.8 Å². The summed E-state index contributed by atoms with van der Waals surface area (Å²) in [5.41, 5.74) is 2.64. The van der Waals surface area contributed by atoms with Crippen LogP contribution in [0.15, 0.2) is 35.9 Å². The van der Waals surface area contributed by atoms with Crippen LogP contribution in [0.25, 0.3) is 11.0 Å². The van der Waals surface area contributed by atoms with E-state index in [0.717, 1.165) is 35.9 Å². The summed E-state index contributed by atoms with van der Waals surface area (Å²) >= 11 is 0. The van der Waals surface area contributed by atoms with Gasteiger partial charge in [0.25, 0.3) is 0 Å². The molecule has 1 aromatic carbocycles. The summed E-state index contributed by atoms with van der Waals surface area (Å²) in [6.45, 7) is 13.3. The summed E-state index contributed by atoms with van der Waals surface area (Å²) in [6, 6.07) is 7.50. The van der Waals surface area contributed by atoms with Crippen molar-refractivity contribution in [3.8, 4) is 0 Å². The number of aromatic nitrogens is 3. The number of Topliss-reactive ketones (excluding diaryl/α,β-unsaturated/α-hetero) is 1. The zero-order valence-corrected chi connectivity index (χ0v) is 16.9. The number of ketones is 1. The lowest BCUT2D eigenvalue weighted by atomic mass is 9.65. The van der Waals surface area contributed by atoms with Crippen molar-refractivity contribution in [1.29, 1.82) is 0 Å². The minimum atomic E-state index is -0.316. The number of hydrogen-bond donors (Lipinski definition) is 0. The van der Waals surface area contributed by atoms with Crippen molar-refractivity contribution in [1.82, 2.24) is 15.0 Å². The molecule has 0 saturated heterocycles. The molecule has 0 bridgehead atoms. The predicted molar refractivity (Wildman–Crippen MR) is 106 cm³/mol. The van der Waals surface area contributed by atoms with Crippen molar-refractivity contribution in [3.63, 3.8) is 0 Å². The van der Waals surface area contributed by atoms with Crippen LogP contribution >= 0.6 is 0 Å². The van der Waals surface area contributed by atoms with Crippen LogP contribution in [-0.2, 0) is 4.79 Å². The summed E-state index contributed by atoms with van der Waals surface area (Å²) < 4.78 is 0. The molecule has 2 aromatic rings. The summed E-state index contributed by atoms with van der Waals surface area (Å²) in [6.07, 6.45) is 5.04. The van der Waals surface area contributed by atoms with Crippen LogP contribution < -0.4 is 0 Å². The van der Waals surface area contributed by atoms with Gasteiger partial charge in [0, 0.05) is 0 Å². The molecule has 0 amide bonds. The van der Waals surface area contributed by atoms with Gasteiger partial charge in [0.2, 0.25) is 0 Å². The first-order chi connectivity index (χ1) is 12.2. The van der Waals surface area contributed by atoms with Crippen LogP contribution in [0.3, 0.4) is 0 Å². The summed E-state index contributed by atoms with van der Waals surface area (Å²) in [4.78, 5) is 15.1. The van der Waals surface area contributed by atoms with Crippen molar-refractivity contribution in [2.24, 2.45) is 16.7 Å². The first kappa shape index (κ1) is 18.8. The molecule has 1 aromatic heterocycles. The summed E-state index contributed by atoms with van der Waals surface area (Å²) in [7, 11) is 0. The predicted octanol–water partition coefficient (Wildman–Crippen LogP) is 5.36. The molecule has 3 rings (SSSR count). The molecule has 4 heteroatoms. The lowest BCUT2D eigenvalue weighted by molar-refractivity contribution is -0.121. The fourth-order valence-corrected chi connectivity index (χ4v) is 3.65. The highest BCUT2D eigenvalue weighted by molar-refractivity contribution is 6.00. The van der Waals surface area contributed by atoms with E-state index >= 15 is 0 Å². The molecular weight excluding hydrogens is 322 g/mol. The van der Waals surface area contributed by atoms with Crippen molar-refractivity contribution in [2.75, 3.05) is 0 Å². The maximum atomic E-state index is 13.4. The molecule has 26 heavy (non-hydrogen) atoms. The number of carbonyl (C=O) groups is 1. The highest BCUT2D eigenvalue weighted by Gasteiger charge is 2.42. The molecule has 2 unspecified atom stereocenters. The lowest BCUT2D eigenvalue weighted by Gasteiger charge is -2.40. The lowest BCUT2D eigenvalue weighted by Crippen LogP contribution is -2.38. The van der Waals surface area contributed by atoms with E-state index in [2.05, 4.69) is 57.8 Å². The molecule has 1 aliphatic rings. The van der Waals surface area contributed by atoms with Gasteiger partial charge in [-0.05, 0) is 47.3 Å². The van der Waals surface area contributed by atoms with E-state index in [1.165, 1.54) is 0 Å². The second-order valence-electron chi connectivity index (χ2n) is 8.89. The van der Waals surface area contributed by atoms with E-state index in [9.17, 15) is 4.79 Å². The molecule has 0 spiro atoms. The van der Waals surface area contributed by atoms with Gasteiger partial charge in [-0.2, -0.15) is 15.0 Å². The molecule has 0 fully saturated rings. The van der Waals surface area contributed by atoms with Gasteiger partial charge >= 0.3 is 0 Å². The second kappa shape index (κ2) is 6.64. The number of allylic oxidation sites excluding steroid dienone is 2. The zero-order chi connectivity index (χ0) is 19.1. The average Bonchev–Trinajstić information content (AvgIpc) is 3.05. The Morgan fingerprint density at radius 1 is 1.04 bits per heavy atom. The van der Waals surface area contributed by atoms with E-state index in [4.69, 9.17) is 0 Å². The van der Waals surface area contributed by atoms with Gasteiger partial charge in [0.15, 0.2) is 5.78 Å². The number of carbonyl (C=O) groups excluding carboxylic acids is 1. The van der Waals surface area contributed by atoms with E-state index < -0.39 is 0 Å². The average molecular weight is 354 g/mol. The monoisotopic (exact) mass is 353 g/mol. The third-order valence-electron chi connectivity index (χ3n) is 6.52. The van der Waals surface area contributed by atoms with Crippen LogP contribution in [0.2, 0.25) is 0 Å². The van der Waals surface area contributed by atoms with E-state index in [0.29, 0.717) is 5.92 Å². The maximum Gasteiger partial charge on any atom is 0.185 e. The third kappa shape index (κ3) is 3.22. The number of hydrogen-bond acceptors (Lipinski definition) is 3. The Kier molecular flexibility index (Phi) is 4.80. The molecule has 0 saturated carbocycles. The van der Waals surface area contributed by atoms with Crippen LogP contribution in [-0.4, -0.2) is 20.8 Å². The third-order valence-corrected chi connectivity index (χ3v) is 6.52. The largest absolute Gasteiger partial charge is 0.292 e. The van der Waals surface area contributed by atoms with E-state index in [1.807, 2.05) is 24.3 Å². The Balaban J connectivity index is 2.08. The van der Waals surface area contributed by atoms with Gasteiger partial charge in [-0.25, -0.2) is 0 Å². The Labute approximate surface area is 156 Å². The fraction of sp³-hybridized carbons (Fsp3) is 0.591. The van der Waals surface area contributed by atoms with Gasteiger partial charge in [-0.1, -0.05) is 66.2 Å². The van der Waals surface area contributed by atoms with Crippen molar-refractivity contribution < 1.29 is 4.79 Å². The standard InChI is InChI=1S/C22H31N3O/c1-7-21(3,4)15-13-16(22(5,6)8-2)20(26)19(14-15)25-23-17-11-9-10-12-18(17)24-25/h9-13,15,19H,7-8,14H2,1-6H3. The highest BCUT2D eigenvalue weighted by Crippen LogP contribution is 2.45. The summed E-state index contributed by atoms with van der Waals surface area (Å²) in [5, 5.41) is 9.26. The Morgan fingerprint density at radius 3 is 2.12 bits per heavy atom. The number of rotatable bonds is 5. The molecule has 0 radical (unpaired) electrons. The molecule has 2 atom stereocenters. The number of fused-ring (bicyclic) bond motifs is 1. The molecule has 0 aliphatic heterocycles. The van der Waals surface area contributed by atoms with Gasteiger partial charge in [-0.15, -0.1) is 0 Å². The molecule has 4 nitrogen and oxygen atoms in total. The van der Waals surface area contributed by atoms with Crippen LogP contribution in [0.4, 0.5) is 0 Å². The minimum Gasteiger partial charge on any atom is -0.292 e. The second-order valence-corrected chi connectivity index (χ2v) is 8.89. The van der Waals surface area contributed by atoms with Crippen LogP contribution in [0, 0.1) is 16.7 Å². The molecular formula is C22H31N3O. The Bertz CT molecular complexity index is 811. The fourth-order valence-electron chi connectivity index (χ4n) is 3.65. The zero-order valence-electron chi connectivity index (χ0n) is 16.9. The van der Waals surface area contributed by atoms with Gasteiger partial charge < -0.3 is 0 Å². The quantitative estimate of drug-likeness (QED) is 0.727. The maximum absolute atomic E-state index is 13.4. The Hall–Kier alpha value is -1.97. The van der Waals surface area contributed by atoms with Crippen LogP contribution in [0.1, 0.15) is 66.8 Å². The molecule has 1 heterocycles. The Morgan fingerprint density at radius 2 is 1.62 bits per heavy atom. The number of nitrogens with zero attached hydrogens (tertiary/aromatic N) is 3. The smallest absolute Gasteiger partial charge is 0.185 e. The molecule has 140 valence electrons. The summed E-state index contributed by atoms with van der Waals surface area (Å²) in [5.74, 6) is 0.519. The highest BCUT2D eigenvalue weighted by atomic mass is 16.1. The van der Waals surface area contributed by atoms with E-state index in [-0.39, 0.29) is 22.7 Å². The minimum absolute atomic E-state index is 0.135. The number of benzene rings is 1. The van der Waals surface area contributed by atoms with E-state index in [1.54, 1.807) is 4.80 Å². The molecule has 1 aliphatic carbocycles. The van der Waals surface area contributed by atoms with Gasteiger partial charge in [0.05, 0.1) is 0 Å². The van der Waals surface area contributed by atoms with Crippen LogP contribution in [0.5, 0.6) is 0 Å². The van der Waals surface area contributed by atoms with Crippen molar-refractivity contribution >= 4 is 16.8 Å². The topological polar surface area (TPSA) is 47.8 Å². The van der Waals surface area contributed by atoms with Gasteiger partial charge in [-0.3, -0.25) is 4.79 Å². The first-order valence-corrected chi connectivity index (χ1v) is 9.77. The SMILES string of the molecule is CCC(C)(C)C1=CC(C(C)(C)CC)CC(n2nc3ccccc3n2)C1=O. The first-order valence-electron chi connectivity index (χ1n) is 9.77. The van der Waals surface area contributed by atoms with Gasteiger partial charge in [0.1, 0.15) is 17.1 Å².